The Morgan fingerprint density at radius 1 is 0.569 bits per heavy atom. The molecule has 2 aromatic carbocycles. The van der Waals surface area contributed by atoms with E-state index >= 15 is 0 Å². The second-order valence-electron chi connectivity index (χ2n) is 33.6. The number of nitrogens with one attached hydrogen (secondary N) is 6. The van der Waals surface area contributed by atoms with Gasteiger partial charge < -0.3 is 59.5 Å². The highest BCUT2D eigenvalue weighted by Crippen LogP contribution is 2.47. The highest BCUT2D eigenvalue weighted by molar-refractivity contribution is 7.91. The summed E-state index contributed by atoms with van der Waals surface area (Å²) in [5.41, 5.74) is -5.12. The molecule has 0 radical (unpaired) electrons. The second kappa shape index (κ2) is 33.4. The summed E-state index contributed by atoms with van der Waals surface area (Å²) < 4.78 is 89.3. The molecule has 2 saturated heterocycles. The van der Waals surface area contributed by atoms with Crippen molar-refractivity contribution in [1.29, 1.82) is 0 Å². The minimum atomic E-state index is -3.89. The lowest BCUT2D eigenvalue weighted by molar-refractivity contribution is -0.143. The van der Waals surface area contributed by atoms with Crippen molar-refractivity contribution in [3.05, 3.63) is 86.2 Å². The largest absolute Gasteiger partial charge is 0.497 e. The maximum atomic E-state index is 14.4. The number of hydrogen-bond acceptors (Lipinski definition) is 21. The van der Waals surface area contributed by atoms with Crippen LogP contribution in [0.15, 0.2) is 86.2 Å². The van der Waals surface area contributed by atoms with Gasteiger partial charge in [0, 0.05) is 72.1 Å². The number of fused-ring (bicyclic) bond motifs is 2. The fraction of sp³-hybridized carbons (Fsp3) is 0.615. The van der Waals surface area contributed by atoms with Crippen molar-refractivity contribution in [3.63, 3.8) is 0 Å². The van der Waals surface area contributed by atoms with Crippen molar-refractivity contribution in [2.24, 2.45) is 22.7 Å². The van der Waals surface area contributed by atoms with Crippen molar-refractivity contribution in [1.82, 2.24) is 55.4 Å². The first-order valence-corrected chi connectivity index (χ1v) is 40.3. The highest BCUT2D eigenvalue weighted by atomic mass is 32.2. The number of methoxy groups -OCH3 is 2. The molecule has 2 aromatic heterocycles. The molecule has 600 valence electrons. The quantitative estimate of drug-likeness (QED) is 0.0338. The van der Waals surface area contributed by atoms with E-state index in [0.29, 0.717) is 82.6 Å². The molecule has 31 heteroatoms. The van der Waals surface area contributed by atoms with E-state index in [0.717, 1.165) is 6.54 Å². The highest BCUT2D eigenvalue weighted by Gasteiger charge is 2.64. The number of carbonyl (C=O) groups excluding carboxylic acids is 8. The van der Waals surface area contributed by atoms with Crippen LogP contribution in [0.4, 0.5) is 9.59 Å². The Morgan fingerprint density at radius 2 is 0.917 bits per heavy atom. The normalized spacial score (nSPS) is 23.1. The van der Waals surface area contributed by atoms with Gasteiger partial charge in [0.1, 0.15) is 81.7 Å². The number of hydrogen-bond donors (Lipinski definition) is 6. The molecule has 109 heavy (non-hydrogen) atoms. The van der Waals surface area contributed by atoms with Crippen LogP contribution in [0.25, 0.3) is 21.8 Å². The fourth-order valence-corrected chi connectivity index (χ4v) is 16.3. The van der Waals surface area contributed by atoms with Crippen molar-refractivity contribution in [2.45, 2.75) is 250 Å². The molecule has 0 unspecified atom stereocenters. The number of likely N-dealkylation sites (tertiary alicyclic amines) is 2. The Hall–Kier alpha value is -8.84. The van der Waals surface area contributed by atoms with Crippen LogP contribution in [0.2, 0.25) is 0 Å². The van der Waals surface area contributed by atoms with Gasteiger partial charge in [0.15, 0.2) is 0 Å². The lowest BCUT2D eigenvalue weighted by atomic mass is 9.85. The molecule has 4 aliphatic carbocycles. The van der Waals surface area contributed by atoms with Crippen LogP contribution >= 0.6 is 0 Å². The summed E-state index contributed by atoms with van der Waals surface area (Å²) in [7, 11) is -4.68. The Kier molecular flexibility index (Phi) is 26.3. The van der Waals surface area contributed by atoms with Crippen LogP contribution in [-0.2, 0) is 58.3 Å². The molecule has 4 heterocycles. The van der Waals surface area contributed by atoms with Gasteiger partial charge >= 0.3 is 12.2 Å². The smallest absolute Gasteiger partial charge is 0.408 e. The van der Waals surface area contributed by atoms with E-state index in [-0.39, 0.29) is 38.8 Å². The number of rotatable bonds is 25. The van der Waals surface area contributed by atoms with E-state index < -0.39 is 159 Å². The molecule has 2 aliphatic heterocycles. The lowest BCUT2D eigenvalue weighted by Crippen LogP contribution is -2.60. The Labute approximate surface area is 641 Å². The number of pyridine rings is 2. The van der Waals surface area contributed by atoms with Crippen LogP contribution < -0.4 is 49.7 Å². The zero-order valence-electron chi connectivity index (χ0n) is 66.4. The molecule has 4 aromatic rings. The summed E-state index contributed by atoms with van der Waals surface area (Å²) in [4.78, 5) is 124. The molecule has 6 N–H and O–H groups in total. The van der Waals surface area contributed by atoms with Gasteiger partial charge in [0.25, 0.3) is 11.8 Å². The van der Waals surface area contributed by atoms with Gasteiger partial charge in [0.2, 0.25) is 43.7 Å². The maximum absolute atomic E-state index is 14.4. The number of benzene rings is 2. The summed E-state index contributed by atoms with van der Waals surface area (Å²) >= 11 is 0. The average molecular weight is 1560 g/mol. The minimum absolute atomic E-state index is 0.0282. The number of aromatic nitrogens is 2. The third kappa shape index (κ3) is 21.4. The predicted molar refractivity (Wildman–Crippen MR) is 412 cm³/mol. The van der Waals surface area contributed by atoms with Gasteiger partial charge in [-0.3, -0.25) is 53.1 Å². The first-order valence-electron chi connectivity index (χ1n) is 37.2. The minimum Gasteiger partial charge on any atom is -0.497 e. The Morgan fingerprint density at radius 3 is 1.18 bits per heavy atom. The monoisotopic (exact) mass is 1560 g/mol. The standard InChI is InChI=1S/2C35H47N5O9S.C8H19N/c2*1-9-20-18-35(20,31(43)39-50(45,46)23-11-12-23)38-29(41)26-17-22(48-27-14-15-36-25-16-21(47-8)10-13-24(25)27)19-40(26)30(42)28(33(2,3)4)37-32(44)49-34(5,6)7;1-6-9(7(2)3)8(4)5/h2*9-10,13-16,20,22-23,26,28H,1,11-12,17-19H2,2-8H3,(H,37,44)(H,38,41)(H,39,43);7-8H,6H2,1-5H3/t2*20-,22-,26+,28-,35-;/m11./s1. The Bertz CT molecular complexity index is 4040. The van der Waals surface area contributed by atoms with Crippen molar-refractivity contribution in [3.8, 4) is 23.0 Å². The van der Waals surface area contributed by atoms with Crippen molar-refractivity contribution >= 4 is 89.5 Å². The summed E-state index contributed by atoms with van der Waals surface area (Å²) in [6, 6.07) is 10.9. The van der Waals surface area contributed by atoms with Crippen LogP contribution in [0, 0.1) is 22.7 Å². The van der Waals surface area contributed by atoms with Crippen LogP contribution in [0.1, 0.15) is 169 Å². The maximum Gasteiger partial charge on any atom is 0.408 e. The number of carbonyl (C=O) groups is 8. The van der Waals surface area contributed by atoms with Gasteiger partial charge in [-0.2, -0.15) is 0 Å². The average Bonchev–Trinajstić information content (AvgIpc) is 1.58. The predicted octanol–water partition coefficient (Wildman–Crippen LogP) is 8.53. The number of nitrogens with zero attached hydrogens (tertiary/aromatic N) is 5. The van der Waals surface area contributed by atoms with E-state index in [1.807, 2.05) is 0 Å². The second-order valence-corrected chi connectivity index (χ2v) is 37.5. The van der Waals surface area contributed by atoms with Gasteiger partial charge in [-0.25, -0.2) is 26.4 Å². The summed E-state index contributed by atoms with van der Waals surface area (Å²) in [5, 5.41) is 11.1. The zero-order valence-corrected chi connectivity index (χ0v) is 68.1. The van der Waals surface area contributed by atoms with E-state index in [4.69, 9.17) is 28.4 Å². The number of sulfonamides is 2. The fourth-order valence-electron chi connectivity index (χ4n) is 13.6. The molecular weight excluding hydrogens is 1440 g/mol. The zero-order chi connectivity index (χ0) is 81.1. The summed E-state index contributed by atoms with van der Waals surface area (Å²) in [6.07, 6.45) is 5.41. The third-order valence-electron chi connectivity index (χ3n) is 19.8. The molecule has 6 aliphatic rings. The van der Waals surface area contributed by atoms with Crippen LogP contribution in [0.3, 0.4) is 0 Å². The van der Waals surface area contributed by atoms with Gasteiger partial charge in [-0.15, -0.1) is 13.2 Å². The number of alkyl carbamates (subject to hydrolysis) is 2. The lowest BCUT2D eigenvalue weighted by Gasteiger charge is -2.36. The first kappa shape index (κ1) is 85.8. The van der Waals surface area contributed by atoms with E-state index in [2.05, 4.69) is 93.4 Å². The van der Waals surface area contributed by atoms with E-state index in [1.165, 1.54) is 22.0 Å². The molecule has 6 fully saturated rings. The summed E-state index contributed by atoms with van der Waals surface area (Å²) in [5.74, 6) is -2.97. The number of ether oxygens (including phenoxy) is 6. The first-order chi connectivity index (χ1) is 50.6. The molecule has 0 bridgehead atoms. The Balaban J connectivity index is 0.000000246. The van der Waals surface area contributed by atoms with Crippen molar-refractivity contribution in [2.75, 3.05) is 33.9 Å². The van der Waals surface area contributed by atoms with E-state index in [9.17, 15) is 55.2 Å². The summed E-state index contributed by atoms with van der Waals surface area (Å²) in [6.45, 7) is 40.7. The van der Waals surface area contributed by atoms with Gasteiger partial charge in [-0.05, 0) is 162 Å². The van der Waals surface area contributed by atoms with E-state index in [1.54, 1.807) is 158 Å². The topological polar surface area (TPSA) is 368 Å². The molecule has 4 saturated carbocycles. The molecular formula is C78H113N11O18S2. The molecule has 10 rings (SSSR count). The third-order valence-corrected chi connectivity index (χ3v) is 23.5. The molecule has 8 amide bonds. The molecule has 10 atom stereocenters. The van der Waals surface area contributed by atoms with Gasteiger partial charge in [-0.1, -0.05) is 60.6 Å². The van der Waals surface area contributed by atoms with Crippen molar-refractivity contribution < 1.29 is 83.6 Å². The number of amides is 8. The molecule has 29 nitrogen and oxygen atoms in total. The molecule has 0 spiro atoms. The van der Waals surface area contributed by atoms with Crippen LogP contribution in [-0.4, -0.2) is 204 Å². The van der Waals surface area contributed by atoms with Gasteiger partial charge in [0.05, 0.1) is 48.8 Å². The van der Waals surface area contributed by atoms with Crippen LogP contribution in [0.5, 0.6) is 23.0 Å². The SMILES string of the molecule is C=C[C@@H]1C[C@]1(NC(=O)[C@@H]1C[C@@H](Oc2ccnc3cc(OC)ccc23)CN1C(=O)[C@@H](NC(=O)OC(C)(C)C)C(C)(C)C)C(=O)NS(=O)(=O)C1CC1.C=C[C@@H]1C[C@]1(NC(=O)[C@@H]1C[C@@H](Oc2ccnc3cc(OC)ccc23)CN1C(=O)[C@@H](NC(=O)OC(C)(C)C)C(C)(C)C)C(=O)NS(=O)(=O)C1CC1.CCN(C(C)C)C(C)C.